The molecule has 162 valence electrons. The maximum atomic E-state index is 10.9. The molecule has 2 saturated carbocycles. The average molecular weight is 402 g/mol. The highest BCUT2D eigenvalue weighted by atomic mass is 16.5. The molecule has 0 spiro atoms. The minimum absolute atomic E-state index is 0.00769. The fourth-order valence-electron chi connectivity index (χ4n) is 4.51. The van der Waals surface area contributed by atoms with E-state index in [2.05, 4.69) is 16.7 Å². The van der Waals surface area contributed by atoms with Crippen molar-refractivity contribution < 1.29 is 9.53 Å². The van der Waals surface area contributed by atoms with E-state index in [4.69, 9.17) is 10.5 Å². The maximum Gasteiger partial charge on any atom is 0.159 e. The molecule has 1 heterocycles. The van der Waals surface area contributed by atoms with E-state index in [0.29, 0.717) is 17.0 Å². The van der Waals surface area contributed by atoms with Gasteiger partial charge in [-0.25, -0.2) is 0 Å². The highest BCUT2D eigenvalue weighted by Crippen LogP contribution is 2.31. The third kappa shape index (κ3) is 6.71. The van der Waals surface area contributed by atoms with Crippen molar-refractivity contribution in [2.75, 3.05) is 45.6 Å². The summed E-state index contributed by atoms with van der Waals surface area (Å²) in [5.41, 5.74) is 6.72. The molecule has 0 atom stereocenters. The number of hydrogen-bond acceptors (Lipinski definition) is 5. The number of Topliss-reactive ketones (excluding diaryl/α,β-unsaturated/α-hetero) is 1. The first-order chi connectivity index (χ1) is 14.0. The second-order valence-corrected chi connectivity index (χ2v) is 9.21. The van der Waals surface area contributed by atoms with Crippen LogP contribution in [0.1, 0.15) is 62.7 Å². The first kappa shape index (κ1) is 22.1. The number of anilines is 1. The van der Waals surface area contributed by atoms with Crippen LogP contribution in [0.2, 0.25) is 0 Å². The number of nitrogens with zero attached hydrogens (tertiary/aromatic N) is 2. The molecular formula is C24H39N3O2. The van der Waals surface area contributed by atoms with Gasteiger partial charge in [-0.3, -0.25) is 9.69 Å². The van der Waals surface area contributed by atoms with Gasteiger partial charge in [0.1, 0.15) is 5.75 Å². The molecule has 0 amide bonds. The molecule has 3 aliphatic rings. The van der Waals surface area contributed by atoms with E-state index >= 15 is 0 Å². The fourth-order valence-corrected chi connectivity index (χ4v) is 4.51. The number of ketones is 1. The number of benzene rings is 1. The van der Waals surface area contributed by atoms with Crippen LogP contribution in [0.3, 0.4) is 0 Å². The smallest absolute Gasteiger partial charge is 0.159 e. The van der Waals surface area contributed by atoms with E-state index in [0.717, 1.165) is 17.9 Å². The number of piperazine rings is 1. The molecule has 0 aromatic heterocycles. The average Bonchev–Trinajstić information content (AvgIpc) is 3.54. The van der Waals surface area contributed by atoms with Gasteiger partial charge in [0.2, 0.25) is 0 Å². The second-order valence-electron chi connectivity index (χ2n) is 9.21. The molecule has 1 saturated heterocycles. The van der Waals surface area contributed by atoms with Crippen LogP contribution in [0.25, 0.3) is 0 Å². The number of carbonyl (C=O) groups is 1. The zero-order valence-electron chi connectivity index (χ0n) is 18.5. The molecule has 2 N–H and O–H groups in total. The summed E-state index contributed by atoms with van der Waals surface area (Å²) in [6.45, 7) is 10.7. The monoisotopic (exact) mass is 401 g/mol. The van der Waals surface area contributed by atoms with Crippen molar-refractivity contribution in [3.8, 4) is 5.75 Å². The Labute approximate surface area is 176 Å². The number of carbonyl (C=O) groups excluding carboxylic acids is 1. The highest BCUT2D eigenvalue weighted by molar-refractivity contribution is 5.95. The van der Waals surface area contributed by atoms with Crippen LogP contribution in [-0.2, 0) is 0 Å². The third-order valence-electron chi connectivity index (χ3n) is 6.76. The first-order valence-electron chi connectivity index (χ1n) is 11.4. The number of nitrogens with two attached hydrogens (primary N) is 1. The van der Waals surface area contributed by atoms with Crippen LogP contribution in [-0.4, -0.2) is 61.5 Å². The number of nitrogen functional groups attached to an aromatic ring is 1. The number of rotatable bonds is 5. The standard InChI is InChI=1S/C15H28N2.C9H11NO2/c1-13-2-6-15(7-3-13)17-10-8-16(9-11-17)12-14-4-5-14;1-6(11)7-3-4-8(10)9(5-7)12-2/h13-15H,2-12H2,1H3;3-5H,10H2,1-2H3. The summed E-state index contributed by atoms with van der Waals surface area (Å²) >= 11 is 0. The Morgan fingerprint density at radius 1 is 1.07 bits per heavy atom. The molecule has 4 rings (SSSR count). The zero-order valence-corrected chi connectivity index (χ0v) is 18.5. The first-order valence-corrected chi connectivity index (χ1v) is 11.4. The quantitative estimate of drug-likeness (QED) is 0.595. The van der Waals surface area contributed by atoms with Gasteiger partial charge in [-0.15, -0.1) is 0 Å². The van der Waals surface area contributed by atoms with E-state index in [-0.39, 0.29) is 5.78 Å². The summed E-state index contributed by atoms with van der Waals surface area (Å²) in [7, 11) is 1.52. The van der Waals surface area contributed by atoms with E-state index in [1.54, 1.807) is 18.2 Å². The van der Waals surface area contributed by atoms with Crippen molar-refractivity contribution in [1.29, 1.82) is 0 Å². The highest BCUT2D eigenvalue weighted by Gasteiger charge is 2.29. The molecule has 1 aliphatic heterocycles. The van der Waals surface area contributed by atoms with Crippen molar-refractivity contribution >= 4 is 11.5 Å². The summed E-state index contributed by atoms with van der Waals surface area (Å²) in [6, 6.07) is 5.90. The molecule has 2 aliphatic carbocycles. The van der Waals surface area contributed by atoms with Crippen LogP contribution in [0, 0.1) is 11.8 Å². The van der Waals surface area contributed by atoms with E-state index in [9.17, 15) is 4.79 Å². The lowest BCUT2D eigenvalue weighted by molar-refractivity contribution is 0.0701. The largest absolute Gasteiger partial charge is 0.495 e. The normalized spacial score (nSPS) is 25.8. The summed E-state index contributed by atoms with van der Waals surface area (Å²) in [5, 5.41) is 0. The molecule has 0 bridgehead atoms. The number of hydrogen-bond donors (Lipinski definition) is 1. The Bertz CT molecular complexity index is 658. The molecule has 0 radical (unpaired) electrons. The molecule has 0 unspecified atom stereocenters. The van der Waals surface area contributed by atoms with Crippen molar-refractivity contribution in [2.45, 2.75) is 58.4 Å². The molecule has 1 aromatic carbocycles. The molecular weight excluding hydrogens is 362 g/mol. The molecule has 5 heteroatoms. The van der Waals surface area contributed by atoms with Crippen molar-refractivity contribution in [3.05, 3.63) is 23.8 Å². The summed E-state index contributed by atoms with van der Waals surface area (Å²) in [4.78, 5) is 16.4. The number of methoxy groups -OCH3 is 1. The summed E-state index contributed by atoms with van der Waals surface area (Å²) < 4.78 is 4.96. The Hall–Kier alpha value is -1.59. The molecule has 1 aromatic rings. The number of ether oxygens (including phenoxy) is 1. The topological polar surface area (TPSA) is 58.8 Å². The Morgan fingerprint density at radius 3 is 2.28 bits per heavy atom. The minimum atomic E-state index is 0.00769. The van der Waals surface area contributed by atoms with Gasteiger partial charge in [-0.2, -0.15) is 0 Å². The van der Waals surface area contributed by atoms with Gasteiger partial charge >= 0.3 is 0 Å². The Kier molecular flexibility index (Phi) is 7.96. The minimum Gasteiger partial charge on any atom is -0.495 e. The zero-order chi connectivity index (χ0) is 20.8. The van der Waals surface area contributed by atoms with Crippen LogP contribution in [0.15, 0.2) is 18.2 Å². The van der Waals surface area contributed by atoms with Crippen LogP contribution in [0.5, 0.6) is 5.75 Å². The molecule has 29 heavy (non-hydrogen) atoms. The maximum absolute atomic E-state index is 10.9. The van der Waals surface area contributed by atoms with Gasteiger partial charge in [0.05, 0.1) is 12.8 Å². The lowest BCUT2D eigenvalue weighted by Gasteiger charge is -2.41. The second kappa shape index (κ2) is 10.4. The molecule has 3 fully saturated rings. The van der Waals surface area contributed by atoms with Crippen molar-refractivity contribution in [1.82, 2.24) is 9.80 Å². The van der Waals surface area contributed by atoms with E-state index in [1.165, 1.54) is 85.3 Å². The van der Waals surface area contributed by atoms with E-state index < -0.39 is 0 Å². The van der Waals surface area contributed by atoms with Crippen molar-refractivity contribution in [2.24, 2.45) is 11.8 Å². The van der Waals surface area contributed by atoms with Crippen LogP contribution < -0.4 is 10.5 Å². The van der Waals surface area contributed by atoms with Crippen LogP contribution >= 0.6 is 0 Å². The van der Waals surface area contributed by atoms with Gasteiger partial charge in [-0.05, 0) is 75.5 Å². The Morgan fingerprint density at radius 2 is 1.72 bits per heavy atom. The van der Waals surface area contributed by atoms with Gasteiger partial charge in [0.25, 0.3) is 0 Å². The van der Waals surface area contributed by atoms with Crippen molar-refractivity contribution in [3.63, 3.8) is 0 Å². The van der Waals surface area contributed by atoms with Crippen LogP contribution in [0.4, 0.5) is 5.69 Å². The van der Waals surface area contributed by atoms with Gasteiger partial charge in [-0.1, -0.05) is 6.92 Å². The lowest BCUT2D eigenvalue weighted by Crippen LogP contribution is -2.51. The SMILES string of the molecule is CC1CCC(N2CCN(CC3CC3)CC2)CC1.COc1cc(C(C)=O)ccc1N. The summed E-state index contributed by atoms with van der Waals surface area (Å²) in [6.07, 6.45) is 8.86. The van der Waals surface area contributed by atoms with E-state index in [1.807, 2.05) is 0 Å². The predicted molar refractivity (Wildman–Crippen MR) is 120 cm³/mol. The predicted octanol–water partition coefficient (Wildman–Crippen LogP) is 4.07. The third-order valence-corrected chi connectivity index (χ3v) is 6.76. The van der Waals surface area contributed by atoms with Gasteiger partial charge in [0.15, 0.2) is 5.78 Å². The van der Waals surface area contributed by atoms with Gasteiger partial charge < -0.3 is 15.4 Å². The van der Waals surface area contributed by atoms with Gasteiger partial charge in [0, 0.05) is 44.3 Å². The Balaban J connectivity index is 0.000000177. The summed E-state index contributed by atoms with van der Waals surface area (Å²) in [5.74, 6) is 2.61. The molecule has 5 nitrogen and oxygen atoms in total. The fraction of sp³-hybridized carbons (Fsp3) is 0.708. The lowest BCUT2D eigenvalue weighted by atomic mass is 9.86.